The van der Waals surface area contributed by atoms with Gasteiger partial charge in [-0.1, -0.05) is 0 Å². The molecular formula is C16H20N6O9. The number of nitrogens with zero attached hydrogens (tertiary/aromatic N) is 5. The Balaban J connectivity index is 1.39. The van der Waals surface area contributed by atoms with Crippen LogP contribution in [0.2, 0.25) is 0 Å². The van der Waals surface area contributed by atoms with Crippen LogP contribution in [0.4, 0.5) is 0 Å². The predicted octanol–water partition coefficient (Wildman–Crippen LogP) is -2.47. The van der Waals surface area contributed by atoms with Gasteiger partial charge in [0.05, 0.1) is 25.6 Å². The topological polar surface area (TPSA) is 174 Å². The molecule has 0 aromatic carbocycles. The zero-order valence-corrected chi connectivity index (χ0v) is 16.6. The summed E-state index contributed by atoms with van der Waals surface area (Å²) in [7, 11) is 3.12. The maximum atomic E-state index is 12.7. The van der Waals surface area contributed by atoms with E-state index in [-0.39, 0.29) is 37.5 Å². The van der Waals surface area contributed by atoms with Gasteiger partial charge in [0.25, 0.3) is 10.6 Å². The van der Waals surface area contributed by atoms with Gasteiger partial charge in [-0.2, -0.15) is 0 Å². The fourth-order valence-electron chi connectivity index (χ4n) is 3.52. The molecule has 1 fully saturated rings. The predicted molar refractivity (Wildman–Crippen MR) is 99.9 cm³/mol. The molecule has 3 unspecified atom stereocenters. The zero-order valence-electron chi connectivity index (χ0n) is 16.6. The van der Waals surface area contributed by atoms with Crippen LogP contribution in [0.15, 0.2) is 27.4 Å². The lowest BCUT2D eigenvalue weighted by Gasteiger charge is -2.15. The van der Waals surface area contributed by atoms with Crippen molar-refractivity contribution in [2.75, 3.05) is 19.8 Å². The number of fused-ring (bicyclic) bond motifs is 2. The second-order valence-corrected chi connectivity index (χ2v) is 7.10. The largest absolute Gasteiger partial charge is 0.491 e. The summed E-state index contributed by atoms with van der Waals surface area (Å²) in [4.78, 5) is 49.4. The van der Waals surface area contributed by atoms with Crippen molar-refractivity contribution >= 4 is 11.2 Å². The number of hydrogen-bond donors (Lipinski definition) is 2. The molecule has 0 spiro atoms. The van der Waals surface area contributed by atoms with Gasteiger partial charge in [0.2, 0.25) is 0 Å². The fourth-order valence-corrected chi connectivity index (χ4v) is 3.52. The van der Waals surface area contributed by atoms with E-state index in [0.29, 0.717) is 11.5 Å². The van der Waals surface area contributed by atoms with E-state index in [1.54, 1.807) is 7.05 Å². The molecule has 31 heavy (non-hydrogen) atoms. The third kappa shape index (κ3) is 3.73. The molecule has 1 saturated heterocycles. The van der Waals surface area contributed by atoms with E-state index in [2.05, 4.69) is 15.3 Å². The number of hydrogen-bond acceptors (Lipinski definition) is 11. The van der Waals surface area contributed by atoms with E-state index in [4.69, 9.17) is 14.3 Å². The summed E-state index contributed by atoms with van der Waals surface area (Å²) < 4.78 is 14.4. The van der Waals surface area contributed by atoms with Crippen LogP contribution in [0.25, 0.3) is 11.2 Å². The molecule has 168 valence electrons. The molecule has 4 heterocycles. The summed E-state index contributed by atoms with van der Waals surface area (Å²) in [6.45, 7) is -0.563. The highest BCUT2D eigenvalue weighted by atomic mass is 17.0. The Labute approximate surface area is 173 Å². The van der Waals surface area contributed by atoms with Crippen molar-refractivity contribution in [2.45, 2.75) is 24.9 Å². The summed E-state index contributed by atoms with van der Waals surface area (Å²) in [5, 5.41) is 19.9. The van der Waals surface area contributed by atoms with Crippen LogP contribution in [-0.2, 0) is 39.8 Å². The van der Waals surface area contributed by atoms with E-state index in [1.165, 1.54) is 22.5 Å². The minimum atomic E-state index is -1.19. The zero-order chi connectivity index (χ0) is 22.3. The molecule has 4 rings (SSSR count). The lowest BCUT2D eigenvalue weighted by molar-refractivity contribution is -0.769. The summed E-state index contributed by atoms with van der Waals surface area (Å²) in [6.07, 6.45) is -1.37. The molecule has 3 atom stereocenters. The van der Waals surface area contributed by atoms with Crippen molar-refractivity contribution in [3.8, 4) is 0 Å². The molecule has 0 aliphatic carbocycles. The molecule has 15 nitrogen and oxygen atoms in total. The first kappa shape index (κ1) is 20.8. The quantitative estimate of drug-likeness (QED) is 0.329. The van der Waals surface area contributed by atoms with Gasteiger partial charge >= 0.3 is 5.69 Å². The third-order valence-electron chi connectivity index (χ3n) is 4.99. The number of nitrogens with one attached hydrogen (secondary N) is 1. The number of aliphatic hydroxyl groups excluding tert-OH is 1. The molecule has 2 aliphatic heterocycles. The SMILES string of the molecule is Cn1cnc2c1c(=O)n(CC(O)CONC1=C3OCC(O[N+](=O)[O-])C3OC1)c(=O)n2C. The second-order valence-electron chi connectivity index (χ2n) is 7.10. The number of rotatable bonds is 8. The average molecular weight is 440 g/mol. The van der Waals surface area contributed by atoms with Crippen LogP contribution in [0.1, 0.15) is 0 Å². The molecule has 2 N–H and O–H groups in total. The molecule has 0 saturated carbocycles. The highest BCUT2D eigenvalue weighted by molar-refractivity contribution is 5.69. The Kier molecular flexibility index (Phi) is 5.38. The van der Waals surface area contributed by atoms with Gasteiger partial charge in [0.1, 0.15) is 25.0 Å². The van der Waals surface area contributed by atoms with Crippen LogP contribution < -0.4 is 16.7 Å². The van der Waals surface area contributed by atoms with Gasteiger partial charge in [-0.15, -0.1) is 10.1 Å². The maximum Gasteiger partial charge on any atom is 0.332 e. The van der Waals surface area contributed by atoms with E-state index < -0.39 is 34.6 Å². The van der Waals surface area contributed by atoms with Gasteiger partial charge < -0.3 is 24.0 Å². The van der Waals surface area contributed by atoms with Gasteiger partial charge in [-0.25, -0.2) is 9.78 Å². The van der Waals surface area contributed by atoms with Gasteiger partial charge in [0.15, 0.2) is 23.0 Å². The monoisotopic (exact) mass is 440 g/mol. The standard InChI is InChI=1S/C16H20N6O9/c1-19-7-17-14-11(19)15(24)21(16(25)20(14)2)3-8(23)4-30-18-9-5-28-13-10(31-22(26)27)6-29-12(9)13/h7-8,10,13,18,23H,3-6H2,1-2H3. The highest BCUT2D eigenvalue weighted by Gasteiger charge is 2.43. The van der Waals surface area contributed by atoms with Gasteiger partial charge in [-0.3, -0.25) is 24.2 Å². The number of ether oxygens (including phenoxy) is 2. The van der Waals surface area contributed by atoms with E-state index in [0.717, 1.165) is 4.57 Å². The summed E-state index contributed by atoms with van der Waals surface area (Å²) in [6, 6.07) is 0. The lowest BCUT2D eigenvalue weighted by Crippen LogP contribution is -2.43. The van der Waals surface area contributed by atoms with Crippen LogP contribution in [0.3, 0.4) is 0 Å². The van der Waals surface area contributed by atoms with E-state index in [1.807, 2.05) is 0 Å². The van der Waals surface area contributed by atoms with Crippen molar-refractivity contribution < 1.29 is 29.3 Å². The van der Waals surface area contributed by atoms with Crippen LogP contribution in [0, 0.1) is 10.1 Å². The average Bonchev–Trinajstić information content (AvgIpc) is 3.40. The molecule has 2 aliphatic rings. The lowest BCUT2D eigenvalue weighted by atomic mass is 10.2. The van der Waals surface area contributed by atoms with Crippen molar-refractivity contribution in [2.24, 2.45) is 14.1 Å². The van der Waals surface area contributed by atoms with Crippen molar-refractivity contribution in [1.29, 1.82) is 0 Å². The number of aryl methyl sites for hydroxylation is 2. The normalized spacial score (nSPS) is 21.3. The van der Waals surface area contributed by atoms with Crippen LogP contribution in [0.5, 0.6) is 0 Å². The second kappa shape index (κ2) is 8.01. The summed E-state index contributed by atoms with van der Waals surface area (Å²) >= 11 is 0. The first-order valence-electron chi connectivity index (χ1n) is 9.23. The smallest absolute Gasteiger partial charge is 0.332 e. The third-order valence-corrected chi connectivity index (χ3v) is 4.99. The molecule has 15 heteroatoms. The number of aliphatic hydroxyl groups is 1. The van der Waals surface area contributed by atoms with Gasteiger partial charge in [-0.05, 0) is 0 Å². The summed E-state index contributed by atoms with van der Waals surface area (Å²) in [5.41, 5.74) is 2.28. The van der Waals surface area contributed by atoms with Crippen LogP contribution >= 0.6 is 0 Å². The van der Waals surface area contributed by atoms with Crippen molar-refractivity contribution in [3.63, 3.8) is 0 Å². The Morgan fingerprint density at radius 3 is 2.97 bits per heavy atom. The minimum absolute atomic E-state index is 0.0442. The van der Waals surface area contributed by atoms with Crippen molar-refractivity contribution in [1.82, 2.24) is 24.2 Å². The molecule has 0 radical (unpaired) electrons. The molecular weight excluding hydrogens is 420 g/mol. The molecule has 0 bridgehead atoms. The summed E-state index contributed by atoms with van der Waals surface area (Å²) in [5.74, 6) is 0.327. The maximum absolute atomic E-state index is 12.7. The molecule has 0 amide bonds. The first-order valence-corrected chi connectivity index (χ1v) is 9.23. The van der Waals surface area contributed by atoms with Crippen molar-refractivity contribution in [3.05, 3.63) is 48.7 Å². The highest BCUT2D eigenvalue weighted by Crippen LogP contribution is 2.31. The molecule has 2 aromatic rings. The first-order chi connectivity index (χ1) is 14.8. The Morgan fingerprint density at radius 2 is 2.23 bits per heavy atom. The number of imidazole rings is 1. The molecule has 2 aromatic heterocycles. The van der Waals surface area contributed by atoms with Gasteiger partial charge in [0, 0.05) is 14.1 Å². The fraction of sp³-hybridized carbons (Fsp3) is 0.562. The number of aromatic nitrogens is 4. The Bertz CT molecular complexity index is 1160. The minimum Gasteiger partial charge on any atom is -0.491 e. The van der Waals surface area contributed by atoms with Crippen LogP contribution in [-0.4, -0.2) is 67.0 Å². The Hall–Kier alpha value is -3.43. The van der Waals surface area contributed by atoms with E-state index >= 15 is 0 Å². The van der Waals surface area contributed by atoms with E-state index in [9.17, 15) is 24.8 Å². The number of hydroxylamine groups is 1. The Morgan fingerprint density at radius 1 is 1.45 bits per heavy atom.